The average Bonchev–Trinajstić information content (AvgIpc) is 2.72. The summed E-state index contributed by atoms with van der Waals surface area (Å²) in [5.41, 5.74) is 0.923. The van der Waals surface area contributed by atoms with E-state index in [1.165, 1.54) is 20.8 Å². The summed E-state index contributed by atoms with van der Waals surface area (Å²) in [6, 6.07) is 7.04. The zero-order valence-corrected chi connectivity index (χ0v) is 20.0. The molecule has 11 heteroatoms. The van der Waals surface area contributed by atoms with Gasteiger partial charge in [-0.05, 0) is 43.8 Å². The maximum absolute atomic E-state index is 11.8. The zero-order chi connectivity index (χ0) is 24.5. The van der Waals surface area contributed by atoms with Gasteiger partial charge in [0.15, 0.2) is 12.2 Å². The third-order valence-electron chi connectivity index (χ3n) is 4.52. The normalized spacial score (nSPS) is 24.2. The smallest absolute Gasteiger partial charge is 0.303 e. The first-order valence-electron chi connectivity index (χ1n) is 10.4. The van der Waals surface area contributed by atoms with Crippen LogP contribution in [0.3, 0.4) is 0 Å². The number of carbonyl (C=O) groups excluding carboxylic acids is 3. The molecule has 1 aliphatic heterocycles. The van der Waals surface area contributed by atoms with Gasteiger partial charge in [0.05, 0.1) is 12.7 Å². The SMILES string of the molecule is CCOC(=S)NCc1ccc(OC2OC(C)C(OC(C)=O)C(OC(C)=O)C2OC(C)=O)cc1. The summed E-state index contributed by atoms with van der Waals surface area (Å²) in [4.78, 5) is 35.1. The van der Waals surface area contributed by atoms with Gasteiger partial charge in [-0.15, -0.1) is 0 Å². The molecule has 182 valence electrons. The van der Waals surface area contributed by atoms with E-state index >= 15 is 0 Å². The molecule has 5 atom stereocenters. The summed E-state index contributed by atoms with van der Waals surface area (Å²) in [6.07, 6.45) is -5.10. The van der Waals surface area contributed by atoms with Crippen molar-refractivity contribution in [1.82, 2.24) is 5.32 Å². The van der Waals surface area contributed by atoms with Crippen molar-refractivity contribution in [2.45, 2.75) is 71.9 Å². The van der Waals surface area contributed by atoms with Crippen molar-refractivity contribution in [3.63, 3.8) is 0 Å². The van der Waals surface area contributed by atoms with Crippen LogP contribution in [-0.2, 0) is 44.6 Å². The monoisotopic (exact) mass is 483 g/mol. The Morgan fingerprint density at radius 2 is 1.48 bits per heavy atom. The predicted molar refractivity (Wildman–Crippen MR) is 119 cm³/mol. The van der Waals surface area contributed by atoms with E-state index in [1.807, 2.05) is 19.1 Å². The quantitative estimate of drug-likeness (QED) is 0.332. The first-order valence-corrected chi connectivity index (χ1v) is 10.8. The van der Waals surface area contributed by atoms with Gasteiger partial charge >= 0.3 is 17.9 Å². The Morgan fingerprint density at radius 3 is 2.03 bits per heavy atom. The number of ether oxygens (including phenoxy) is 6. The maximum atomic E-state index is 11.8. The highest BCUT2D eigenvalue weighted by molar-refractivity contribution is 7.80. The number of rotatable bonds is 8. The van der Waals surface area contributed by atoms with Crippen LogP contribution >= 0.6 is 12.2 Å². The molecule has 1 heterocycles. The van der Waals surface area contributed by atoms with Crippen molar-refractivity contribution in [2.24, 2.45) is 0 Å². The van der Waals surface area contributed by atoms with Gasteiger partial charge in [0.1, 0.15) is 5.75 Å². The Bertz CT molecular complexity index is 845. The van der Waals surface area contributed by atoms with Crippen LogP contribution in [0.2, 0.25) is 0 Å². The molecule has 1 saturated heterocycles. The second-order valence-electron chi connectivity index (χ2n) is 7.27. The van der Waals surface area contributed by atoms with Crippen LogP contribution in [-0.4, -0.2) is 60.4 Å². The van der Waals surface area contributed by atoms with Crippen LogP contribution in [0.1, 0.15) is 40.2 Å². The Labute approximate surface area is 197 Å². The molecule has 0 saturated carbocycles. The molecule has 10 nitrogen and oxygen atoms in total. The van der Waals surface area contributed by atoms with Crippen molar-refractivity contribution in [3.05, 3.63) is 29.8 Å². The highest BCUT2D eigenvalue weighted by Crippen LogP contribution is 2.30. The summed E-state index contributed by atoms with van der Waals surface area (Å²) in [6.45, 7) is 8.06. The number of carbonyl (C=O) groups is 3. The van der Waals surface area contributed by atoms with Crippen molar-refractivity contribution in [2.75, 3.05) is 6.61 Å². The fraction of sp³-hybridized carbons (Fsp3) is 0.545. The van der Waals surface area contributed by atoms with Gasteiger partial charge in [-0.3, -0.25) is 14.4 Å². The molecule has 0 radical (unpaired) electrons. The second-order valence-corrected chi connectivity index (χ2v) is 7.64. The van der Waals surface area contributed by atoms with Crippen LogP contribution in [0.15, 0.2) is 24.3 Å². The number of hydrogen-bond donors (Lipinski definition) is 1. The molecule has 1 aliphatic rings. The highest BCUT2D eigenvalue weighted by atomic mass is 32.1. The third kappa shape index (κ3) is 8.17. The van der Waals surface area contributed by atoms with E-state index in [4.69, 9.17) is 40.6 Å². The molecular formula is C22H29NO9S. The highest BCUT2D eigenvalue weighted by Gasteiger charge is 2.51. The van der Waals surface area contributed by atoms with E-state index in [0.717, 1.165) is 5.56 Å². The van der Waals surface area contributed by atoms with E-state index in [0.29, 0.717) is 24.1 Å². The van der Waals surface area contributed by atoms with Gasteiger partial charge in [0.2, 0.25) is 12.4 Å². The van der Waals surface area contributed by atoms with Crippen molar-refractivity contribution in [3.8, 4) is 5.75 Å². The first-order chi connectivity index (χ1) is 15.6. The van der Waals surface area contributed by atoms with Gasteiger partial charge in [-0.1, -0.05) is 12.1 Å². The minimum Gasteiger partial charge on any atom is -0.471 e. The van der Waals surface area contributed by atoms with E-state index in [-0.39, 0.29) is 0 Å². The Morgan fingerprint density at radius 1 is 0.939 bits per heavy atom. The van der Waals surface area contributed by atoms with Gasteiger partial charge in [-0.25, -0.2) is 0 Å². The molecule has 0 amide bonds. The van der Waals surface area contributed by atoms with Crippen LogP contribution in [0.5, 0.6) is 5.75 Å². The van der Waals surface area contributed by atoms with Crippen LogP contribution in [0.4, 0.5) is 0 Å². The summed E-state index contributed by atoms with van der Waals surface area (Å²) < 4.78 is 33.0. The lowest BCUT2D eigenvalue weighted by Gasteiger charge is -2.43. The number of esters is 3. The minimum absolute atomic E-state index is 0.311. The molecule has 2 rings (SSSR count). The Balaban J connectivity index is 2.19. The molecule has 0 aromatic heterocycles. The molecule has 0 aliphatic carbocycles. The average molecular weight is 484 g/mol. The van der Waals surface area contributed by atoms with Gasteiger partial charge < -0.3 is 33.7 Å². The molecule has 5 unspecified atom stereocenters. The summed E-state index contributed by atoms with van der Waals surface area (Å²) in [5, 5.41) is 3.29. The summed E-state index contributed by atoms with van der Waals surface area (Å²) in [5.74, 6) is -1.45. The molecule has 1 N–H and O–H groups in total. The first kappa shape index (κ1) is 26.3. The minimum atomic E-state index is -1.17. The Kier molecular flexibility index (Phi) is 9.86. The summed E-state index contributed by atoms with van der Waals surface area (Å²) in [7, 11) is 0. The fourth-order valence-electron chi connectivity index (χ4n) is 3.24. The van der Waals surface area contributed by atoms with Gasteiger partial charge in [0.25, 0.3) is 5.17 Å². The van der Waals surface area contributed by atoms with E-state index in [2.05, 4.69) is 5.32 Å². The third-order valence-corrected chi connectivity index (χ3v) is 4.78. The van der Waals surface area contributed by atoms with Crippen molar-refractivity contribution >= 4 is 35.3 Å². The number of benzene rings is 1. The molecule has 1 aromatic carbocycles. The molecule has 0 bridgehead atoms. The number of hydrogen-bond acceptors (Lipinski definition) is 10. The molecule has 1 aromatic rings. The van der Waals surface area contributed by atoms with E-state index in [1.54, 1.807) is 19.1 Å². The Hall–Kier alpha value is -2.92. The molecule has 1 fully saturated rings. The van der Waals surface area contributed by atoms with E-state index < -0.39 is 48.6 Å². The van der Waals surface area contributed by atoms with Crippen LogP contribution < -0.4 is 10.1 Å². The number of nitrogens with one attached hydrogen (secondary N) is 1. The molecule has 0 spiro atoms. The van der Waals surface area contributed by atoms with Crippen LogP contribution in [0.25, 0.3) is 0 Å². The largest absolute Gasteiger partial charge is 0.471 e. The zero-order valence-electron chi connectivity index (χ0n) is 19.2. The van der Waals surface area contributed by atoms with Crippen molar-refractivity contribution < 1.29 is 42.8 Å². The lowest BCUT2D eigenvalue weighted by Crippen LogP contribution is -2.62. The summed E-state index contributed by atoms with van der Waals surface area (Å²) >= 11 is 5.04. The van der Waals surface area contributed by atoms with Crippen molar-refractivity contribution in [1.29, 1.82) is 0 Å². The topological polar surface area (TPSA) is 119 Å². The van der Waals surface area contributed by atoms with Gasteiger partial charge in [-0.2, -0.15) is 0 Å². The fourth-order valence-corrected chi connectivity index (χ4v) is 3.43. The standard InChI is InChI=1S/C22H29NO9S/c1-6-27-22(33)23-11-16-7-9-17(10-8-16)32-21-20(31-15(5)26)19(30-14(4)25)18(12(2)28-21)29-13(3)24/h7-10,12,18-21H,6,11H2,1-5H3,(H,23,33). The second kappa shape index (κ2) is 12.4. The van der Waals surface area contributed by atoms with Crippen LogP contribution in [0, 0.1) is 0 Å². The predicted octanol–water partition coefficient (Wildman–Crippen LogP) is 2.02. The molecular weight excluding hydrogens is 454 g/mol. The van der Waals surface area contributed by atoms with E-state index in [9.17, 15) is 14.4 Å². The maximum Gasteiger partial charge on any atom is 0.303 e. The molecule has 33 heavy (non-hydrogen) atoms. The lowest BCUT2D eigenvalue weighted by atomic mass is 9.99. The number of thiocarbonyl (C=S) groups is 1. The van der Waals surface area contributed by atoms with Gasteiger partial charge in [0, 0.05) is 27.3 Å². The lowest BCUT2D eigenvalue weighted by molar-refractivity contribution is -0.280.